The van der Waals surface area contributed by atoms with Gasteiger partial charge in [0.1, 0.15) is 0 Å². The number of hydrogen-bond acceptors (Lipinski definition) is 4. The predicted octanol–water partition coefficient (Wildman–Crippen LogP) is 4.38. The lowest BCUT2D eigenvalue weighted by molar-refractivity contribution is -0.120. The van der Waals surface area contributed by atoms with E-state index in [9.17, 15) is 4.79 Å². The van der Waals surface area contributed by atoms with Crippen LogP contribution >= 0.6 is 11.3 Å². The summed E-state index contributed by atoms with van der Waals surface area (Å²) in [6.07, 6.45) is 2.94. The summed E-state index contributed by atoms with van der Waals surface area (Å²) in [7, 11) is 0. The van der Waals surface area contributed by atoms with Crippen LogP contribution in [0.25, 0.3) is 10.2 Å². The van der Waals surface area contributed by atoms with E-state index in [1.807, 2.05) is 6.07 Å². The first-order valence-electron chi connectivity index (χ1n) is 10.0. The van der Waals surface area contributed by atoms with E-state index in [4.69, 9.17) is 4.98 Å². The van der Waals surface area contributed by atoms with E-state index in [2.05, 4.69) is 59.6 Å². The maximum Gasteiger partial charge on any atom is 0.217 e. The fourth-order valence-electron chi connectivity index (χ4n) is 4.04. The molecule has 0 spiro atoms. The highest BCUT2D eigenvalue weighted by atomic mass is 32.1. The van der Waals surface area contributed by atoms with Crippen LogP contribution in [0.4, 0.5) is 0 Å². The van der Waals surface area contributed by atoms with E-state index in [0.29, 0.717) is 12.1 Å². The first-order chi connectivity index (χ1) is 13.6. The van der Waals surface area contributed by atoms with Gasteiger partial charge in [-0.3, -0.25) is 9.69 Å². The van der Waals surface area contributed by atoms with Crippen molar-refractivity contribution in [3.63, 3.8) is 0 Å². The maximum atomic E-state index is 11.3. The van der Waals surface area contributed by atoms with Crippen LogP contribution in [-0.4, -0.2) is 34.4 Å². The molecular weight excluding hydrogens is 366 g/mol. The standard InChI is InChI=1S/C23H27N3OS/c1-16-13-20(24-17(2)27)11-12-26(16)15-19-9-7-18(8-10-19)14-23-25-21-5-3-4-6-22(21)28-23/h3-10,16,20H,11-15H2,1-2H3,(H,24,27)/t16?,20-/m1/s1. The molecule has 1 aliphatic rings. The summed E-state index contributed by atoms with van der Waals surface area (Å²) in [5, 5.41) is 4.24. The molecule has 146 valence electrons. The highest BCUT2D eigenvalue weighted by Gasteiger charge is 2.25. The Balaban J connectivity index is 1.35. The van der Waals surface area contributed by atoms with Crippen LogP contribution in [0.5, 0.6) is 0 Å². The molecule has 28 heavy (non-hydrogen) atoms. The number of likely N-dealkylation sites (tertiary alicyclic amines) is 1. The highest BCUT2D eigenvalue weighted by molar-refractivity contribution is 7.18. The smallest absolute Gasteiger partial charge is 0.217 e. The summed E-state index contributed by atoms with van der Waals surface area (Å²) in [5.41, 5.74) is 3.74. The van der Waals surface area contributed by atoms with Crippen LogP contribution in [-0.2, 0) is 17.8 Å². The average Bonchev–Trinajstić information content (AvgIpc) is 3.07. The first-order valence-corrected chi connectivity index (χ1v) is 10.8. The van der Waals surface area contributed by atoms with Crippen LogP contribution in [0, 0.1) is 0 Å². The zero-order chi connectivity index (χ0) is 19.5. The van der Waals surface area contributed by atoms with Crippen LogP contribution in [0.3, 0.4) is 0 Å². The van der Waals surface area contributed by atoms with Gasteiger partial charge in [-0.05, 0) is 43.0 Å². The number of amides is 1. The zero-order valence-corrected chi connectivity index (χ0v) is 17.3. The van der Waals surface area contributed by atoms with Gasteiger partial charge < -0.3 is 5.32 Å². The summed E-state index contributed by atoms with van der Waals surface area (Å²) >= 11 is 1.78. The molecule has 2 aromatic carbocycles. The maximum absolute atomic E-state index is 11.3. The van der Waals surface area contributed by atoms with Crippen molar-refractivity contribution in [1.29, 1.82) is 0 Å². The van der Waals surface area contributed by atoms with Crippen LogP contribution in [0.2, 0.25) is 0 Å². The fraction of sp³-hybridized carbons (Fsp3) is 0.391. The molecule has 1 N–H and O–H groups in total. The lowest BCUT2D eigenvalue weighted by Crippen LogP contribution is -2.48. The molecule has 1 amide bonds. The topological polar surface area (TPSA) is 45.2 Å². The summed E-state index contributed by atoms with van der Waals surface area (Å²) in [6, 6.07) is 18.1. The third-order valence-electron chi connectivity index (χ3n) is 5.52. The largest absolute Gasteiger partial charge is 0.354 e. The zero-order valence-electron chi connectivity index (χ0n) is 16.5. The van der Waals surface area contributed by atoms with Crippen molar-refractivity contribution >= 4 is 27.5 Å². The van der Waals surface area contributed by atoms with Crippen molar-refractivity contribution in [2.45, 2.75) is 51.7 Å². The van der Waals surface area contributed by atoms with E-state index in [-0.39, 0.29) is 5.91 Å². The van der Waals surface area contributed by atoms with Gasteiger partial charge in [0.25, 0.3) is 0 Å². The molecule has 1 aromatic heterocycles. The Morgan fingerprint density at radius 2 is 1.93 bits per heavy atom. The molecule has 5 heteroatoms. The summed E-state index contributed by atoms with van der Waals surface area (Å²) < 4.78 is 1.26. The molecule has 2 heterocycles. The van der Waals surface area contributed by atoms with Gasteiger partial charge in [-0.1, -0.05) is 36.4 Å². The van der Waals surface area contributed by atoms with Crippen LogP contribution in [0.1, 0.15) is 42.8 Å². The molecule has 3 aromatic rings. The average molecular weight is 394 g/mol. The van der Waals surface area contributed by atoms with Gasteiger partial charge >= 0.3 is 0 Å². The number of aromatic nitrogens is 1. The minimum Gasteiger partial charge on any atom is -0.354 e. The van der Waals surface area contributed by atoms with Gasteiger partial charge in [0, 0.05) is 38.5 Å². The number of thiazole rings is 1. The predicted molar refractivity (Wildman–Crippen MR) is 116 cm³/mol. The summed E-state index contributed by atoms with van der Waals surface area (Å²) in [4.78, 5) is 18.5. The molecule has 0 bridgehead atoms. The minimum atomic E-state index is 0.0781. The van der Waals surface area contributed by atoms with E-state index >= 15 is 0 Å². The second kappa shape index (κ2) is 8.41. The fourth-order valence-corrected chi connectivity index (χ4v) is 5.04. The summed E-state index contributed by atoms with van der Waals surface area (Å²) in [6.45, 7) is 5.86. The van der Waals surface area contributed by atoms with Crippen molar-refractivity contribution in [2.75, 3.05) is 6.54 Å². The van der Waals surface area contributed by atoms with Crippen molar-refractivity contribution in [2.24, 2.45) is 0 Å². The number of nitrogens with one attached hydrogen (secondary N) is 1. The molecule has 2 atom stereocenters. The number of piperidine rings is 1. The van der Waals surface area contributed by atoms with Gasteiger partial charge in [-0.2, -0.15) is 0 Å². The SMILES string of the molecule is CC(=O)N[C@@H]1CCN(Cc2ccc(Cc3nc4ccccc4s3)cc2)C(C)C1. The Hall–Kier alpha value is -2.24. The number of para-hydroxylation sites is 1. The number of fused-ring (bicyclic) bond motifs is 1. The number of carbonyl (C=O) groups excluding carboxylic acids is 1. The van der Waals surface area contributed by atoms with Crippen LogP contribution < -0.4 is 5.32 Å². The summed E-state index contributed by atoms with van der Waals surface area (Å²) in [5.74, 6) is 0.0781. The first kappa shape index (κ1) is 19.1. The molecule has 1 saturated heterocycles. The van der Waals surface area contributed by atoms with Gasteiger partial charge in [0.05, 0.1) is 15.2 Å². The molecule has 4 nitrogen and oxygen atoms in total. The molecule has 1 aliphatic heterocycles. The number of nitrogens with zero attached hydrogens (tertiary/aromatic N) is 2. The number of carbonyl (C=O) groups is 1. The highest BCUT2D eigenvalue weighted by Crippen LogP contribution is 2.24. The Bertz CT molecular complexity index is 917. The molecule has 0 radical (unpaired) electrons. The molecular formula is C23H27N3OS. The number of hydrogen-bond donors (Lipinski definition) is 1. The number of rotatable bonds is 5. The van der Waals surface area contributed by atoms with E-state index < -0.39 is 0 Å². The Morgan fingerprint density at radius 3 is 2.64 bits per heavy atom. The second-order valence-corrected chi connectivity index (χ2v) is 8.93. The van der Waals surface area contributed by atoms with Gasteiger partial charge in [-0.15, -0.1) is 11.3 Å². The Kier molecular flexibility index (Phi) is 5.74. The quantitative estimate of drug-likeness (QED) is 0.700. The van der Waals surface area contributed by atoms with Gasteiger partial charge in [0.15, 0.2) is 0 Å². The molecule has 1 fully saturated rings. The van der Waals surface area contributed by atoms with Crippen molar-refractivity contribution in [3.8, 4) is 0 Å². The molecule has 4 rings (SSSR count). The molecule has 0 saturated carbocycles. The second-order valence-electron chi connectivity index (χ2n) is 7.81. The normalized spacial score (nSPS) is 20.4. The molecule has 0 aliphatic carbocycles. The third-order valence-corrected chi connectivity index (χ3v) is 6.56. The van der Waals surface area contributed by atoms with Crippen molar-refractivity contribution < 1.29 is 4.79 Å². The van der Waals surface area contributed by atoms with E-state index in [1.54, 1.807) is 18.3 Å². The van der Waals surface area contributed by atoms with Gasteiger partial charge in [0.2, 0.25) is 5.91 Å². The van der Waals surface area contributed by atoms with Crippen LogP contribution in [0.15, 0.2) is 48.5 Å². The van der Waals surface area contributed by atoms with E-state index in [0.717, 1.165) is 37.9 Å². The van der Waals surface area contributed by atoms with Crippen molar-refractivity contribution in [1.82, 2.24) is 15.2 Å². The number of benzene rings is 2. The van der Waals surface area contributed by atoms with E-state index in [1.165, 1.54) is 20.8 Å². The Morgan fingerprint density at radius 1 is 1.18 bits per heavy atom. The Labute approximate surface area is 170 Å². The monoisotopic (exact) mass is 393 g/mol. The lowest BCUT2D eigenvalue weighted by atomic mass is 9.97. The minimum absolute atomic E-state index is 0.0781. The lowest BCUT2D eigenvalue weighted by Gasteiger charge is -2.37. The van der Waals surface area contributed by atoms with Crippen molar-refractivity contribution in [3.05, 3.63) is 64.7 Å². The third kappa shape index (κ3) is 4.59. The van der Waals surface area contributed by atoms with Gasteiger partial charge in [-0.25, -0.2) is 4.98 Å². The molecule has 1 unspecified atom stereocenters.